The molecule has 0 radical (unpaired) electrons. The van der Waals surface area contributed by atoms with Gasteiger partial charge in [0.25, 0.3) is 5.91 Å². The SMILES string of the molecule is CC#CC(=O)N1CCC2CN(c3c(F)cc(CC(N)=O)c4[nH]c5ccccc5c34)CCC21. The van der Waals surface area contributed by atoms with Gasteiger partial charge in [0.2, 0.25) is 5.91 Å². The lowest BCUT2D eigenvalue weighted by Crippen LogP contribution is -2.47. The minimum atomic E-state index is -0.496. The summed E-state index contributed by atoms with van der Waals surface area (Å²) in [6.07, 6.45) is 1.63. The fraction of sp³-hybridized carbons (Fsp3) is 0.360. The second-order valence-electron chi connectivity index (χ2n) is 8.65. The van der Waals surface area contributed by atoms with E-state index >= 15 is 4.39 Å². The van der Waals surface area contributed by atoms with E-state index in [1.807, 2.05) is 29.2 Å². The van der Waals surface area contributed by atoms with Crippen LogP contribution in [-0.2, 0) is 16.0 Å². The molecule has 2 amide bonds. The van der Waals surface area contributed by atoms with Crippen molar-refractivity contribution in [3.8, 4) is 11.8 Å². The number of fused-ring (bicyclic) bond motifs is 4. The van der Waals surface area contributed by atoms with E-state index in [2.05, 4.69) is 21.7 Å². The molecule has 2 saturated heterocycles. The van der Waals surface area contributed by atoms with Crippen molar-refractivity contribution in [3.63, 3.8) is 0 Å². The van der Waals surface area contributed by atoms with Crippen LogP contribution in [0.5, 0.6) is 0 Å². The third-order valence-corrected chi connectivity index (χ3v) is 6.80. The summed E-state index contributed by atoms with van der Waals surface area (Å²) in [6.45, 7) is 3.68. The van der Waals surface area contributed by atoms with Gasteiger partial charge in [-0.25, -0.2) is 4.39 Å². The van der Waals surface area contributed by atoms with Crippen LogP contribution in [0.1, 0.15) is 25.3 Å². The van der Waals surface area contributed by atoms with Crippen LogP contribution in [0.3, 0.4) is 0 Å². The standard InChI is InChI=1S/C25H25FN4O2/c1-2-5-22(32)30-11-8-15-14-29(10-9-20(15)30)25-18(26)12-16(13-21(27)31)24-23(25)17-6-3-4-7-19(17)28-24/h3-4,6-7,12,15,20,28H,8-11,13-14H2,1H3,(H2,27,31). The van der Waals surface area contributed by atoms with Crippen LogP contribution < -0.4 is 10.6 Å². The molecule has 0 saturated carbocycles. The lowest BCUT2D eigenvalue weighted by Gasteiger charge is -2.39. The summed E-state index contributed by atoms with van der Waals surface area (Å²) in [6, 6.07) is 9.36. The number of H-pyrrole nitrogens is 1. The predicted molar refractivity (Wildman–Crippen MR) is 123 cm³/mol. The first-order valence-electron chi connectivity index (χ1n) is 11.0. The number of halogens is 1. The molecule has 164 valence electrons. The minimum absolute atomic E-state index is 0.0270. The lowest BCUT2D eigenvalue weighted by molar-refractivity contribution is -0.126. The van der Waals surface area contributed by atoms with E-state index in [4.69, 9.17) is 5.73 Å². The van der Waals surface area contributed by atoms with Crippen molar-refractivity contribution in [3.05, 3.63) is 41.7 Å². The highest BCUT2D eigenvalue weighted by Gasteiger charge is 2.41. The summed E-state index contributed by atoms with van der Waals surface area (Å²) in [7, 11) is 0. The first-order chi connectivity index (χ1) is 15.5. The molecule has 3 heterocycles. The number of aromatic amines is 1. The Balaban J connectivity index is 1.57. The number of hydrogen-bond acceptors (Lipinski definition) is 3. The largest absolute Gasteiger partial charge is 0.369 e. The monoisotopic (exact) mass is 432 g/mol. The molecule has 2 aliphatic heterocycles. The van der Waals surface area contributed by atoms with Gasteiger partial charge in [-0.2, -0.15) is 0 Å². The normalized spacial score (nSPS) is 20.3. The Hall–Kier alpha value is -3.53. The molecule has 6 nitrogen and oxygen atoms in total. The number of rotatable bonds is 3. The van der Waals surface area contributed by atoms with Crippen molar-refractivity contribution < 1.29 is 14.0 Å². The maximum Gasteiger partial charge on any atom is 0.298 e. The van der Waals surface area contributed by atoms with Gasteiger partial charge in [-0.3, -0.25) is 9.59 Å². The van der Waals surface area contributed by atoms with Crippen LogP contribution in [0.4, 0.5) is 10.1 Å². The summed E-state index contributed by atoms with van der Waals surface area (Å²) < 4.78 is 15.6. The average molecular weight is 432 g/mol. The quantitative estimate of drug-likeness (QED) is 0.625. The van der Waals surface area contributed by atoms with Gasteiger partial charge in [0.15, 0.2) is 0 Å². The summed E-state index contributed by atoms with van der Waals surface area (Å²) >= 11 is 0. The minimum Gasteiger partial charge on any atom is -0.369 e. The zero-order valence-corrected chi connectivity index (χ0v) is 18.0. The molecule has 0 spiro atoms. The van der Waals surface area contributed by atoms with Crippen molar-refractivity contribution >= 4 is 39.3 Å². The molecule has 1 aromatic heterocycles. The molecule has 2 atom stereocenters. The molecule has 0 aliphatic carbocycles. The number of piperidine rings is 1. The number of carbonyl (C=O) groups excluding carboxylic acids is 2. The Morgan fingerprint density at radius 3 is 2.84 bits per heavy atom. The molecule has 2 fully saturated rings. The Bertz CT molecular complexity index is 1300. The number of aromatic nitrogens is 1. The Kier molecular flexibility index (Phi) is 5.01. The van der Waals surface area contributed by atoms with E-state index in [0.717, 1.165) is 34.6 Å². The number of carbonyl (C=O) groups is 2. The molecule has 7 heteroatoms. The van der Waals surface area contributed by atoms with Gasteiger partial charge in [-0.1, -0.05) is 24.1 Å². The molecule has 3 N–H and O–H groups in total. The van der Waals surface area contributed by atoms with Crippen LogP contribution >= 0.6 is 0 Å². The number of nitrogens with zero attached hydrogens (tertiary/aromatic N) is 2. The van der Waals surface area contributed by atoms with E-state index < -0.39 is 5.91 Å². The van der Waals surface area contributed by atoms with E-state index in [1.165, 1.54) is 6.07 Å². The second kappa shape index (κ2) is 7.86. The number of benzene rings is 2. The first-order valence-corrected chi connectivity index (χ1v) is 11.0. The molecule has 2 aliphatic rings. The zero-order chi connectivity index (χ0) is 22.4. The van der Waals surface area contributed by atoms with Crippen molar-refractivity contribution in [2.24, 2.45) is 11.7 Å². The first kappa shape index (κ1) is 20.4. The van der Waals surface area contributed by atoms with Crippen molar-refractivity contribution in [2.75, 3.05) is 24.5 Å². The number of nitrogens with one attached hydrogen (secondary N) is 1. The number of amides is 2. The van der Waals surface area contributed by atoms with Gasteiger partial charge in [-0.15, -0.1) is 0 Å². The fourth-order valence-electron chi connectivity index (χ4n) is 5.50. The van der Waals surface area contributed by atoms with Crippen LogP contribution in [0.2, 0.25) is 0 Å². The Morgan fingerprint density at radius 1 is 1.25 bits per heavy atom. The van der Waals surface area contributed by atoms with Crippen LogP contribution in [0.15, 0.2) is 30.3 Å². The van der Waals surface area contributed by atoms with Crippen LogP contribution in [0, 0.1) is 23.6 Å². The van der Waals surface area contributed by atoms with Gasteiger partial charge in [-0.05, 0) is 49.3 Å². The number of primary amides is 1. The van der Waals surface area contributed by atoms with E-state index in [-0.39, 0.29) is 30.1 Å². The van der Waals surface area contributed by atoms with Gasteiger partial charge >= 0.3 is 0 Å². The van der Waals surface area contributed by atoms with Crippen molar-refractivity contribution in [1.82, 2.24) is 9.88 Å². The Labute approximate surface area is 185 Å². The van der Waals surface area contributed by atoms with Crippen LogP contribution in [0.25, 0.3) is 21.8 Å². The van der Waals surface area contributed by atoms with Gasteiger partial charge < -0.3 is 20.5 Å². The van der Waals surface area contributed by atoms with E-state index in [0.29, 0.717) is 30.9 Å². The maximum absolute atomic E-state index is 15.6. The van der Waals surface area contributed by atoms with E-state index in [1.54, 1.807) is 6.92 Å². The number of nitrogens with two attached hydrogens (primary N) is 1. The van der Waals surface area contributed by atoms with Gasteiger partial charge in [0, 0.05) is 42.0 Å². The second-order valence-corrected chi connectivity index (χ2v) is 8.65. The highest BCUT2D eigenvalue weighted by molar-refractivity contribution is 6.15. The average Bonchev–Trinajstić information content (AvgIpc) is 3.35. The Morgan fingerprint density at radius 2 is 2.06 bits per heavy atom. The number of likely N-dealkylation sites (tertiary alicyclic amines) is 1. The fourth-order valence-corrected chi connectivity index (χ4v) is 5.50. The van der Waals surface area contributed by atoms with Gasteiger partial charge in [0.1, 0.15) is 5.82 Å². The van der Waals surface area contributed by atoms with Crippen LogP contribution in [-0.4, -0.2) is 47.4 Å². The number of para-hydroxylation sites is 1. The molecule has 5 rings (SSSR count). The maximum atomic E-state index is 15.6. The zero-order valence-electron chi connectivity index (χ0n) is 18.0. The highest BCUT2D eigenvalue weighted by Crippen LogP contribution is 2.41. The predicted octanol–water partition coefficient (Wildman–Crippen LogP) is 2.94. The van der Waals surface area contributed by atoms with Gasteiger partial charge in [0.05, 0.1) is 17.6 Å². The number of anilines is 1. The molecule has 32 heavy (non-hydrogen) atoms. The molecular weight excluding hydrogens is 407 g/mol. The van der Waals surface area contributed by atoms with Crippen molar-refractivity contribution in [1.29, 1.82) is 0 Å². The van der Waals surface area contributed by atoms with Crippen molar-refractivity contribution in [2.45, 2.75) is 32.2 Å². The van der Waals surface area contributed by atoms with E-state index in [9.17, 15) is 9.59 Å². The molecular formula is C25H25FN4O2. The third-order valence-electron chi connectivity index (χ3n) is 6.80. The molecule has 3 aromatic rings. The summed E-state index contributed by atoms with van der Waals surface area (Å²) in [5, 5.41) is 1.71. The molecule has 2 aromatic carbocycles. The third kappa shape index (κ3) is 3.27. The smallest absolute Gasteiger partial charge is 0.298 e. The molecule has 0 bridgehead atoms. The molecule has 2 unspecified atom stereocenters. The topological polar surface area (TPSA) is 82.4 Å². The highest BCUT2D eigenvalue weighted by atomic mass is 19.1. The summed E-state index contributed by atoms with van der Waals surface area (Å²) in [5.41, 5.74) is 8.20. The number of hydrogen-bond donors (Lipinski definition) is 2. The summed E-state index contributed by atoms with van der Waals surface area (Å²) in [5.74, 6) is 4.67. The summed E-state index contributed by atoms with van der Waals surface area (Å²) in [4.78, 5) is 31.3. The lowest BCUT2D eigenvalue weighted by atomic mass is 9.91.